The molecule has 2 N–H and O–H groups in total. The van der Waals surface area contributed by atoms with Crippen LogP contribution >= 0.6 is 0 Å². The average molecular weight is 478 g/mol. The van der Waals surface area contributed by atoms with Crippen LogP contribution in [0.2, 0.25) is 0 Å². The van der Waals surface area contributed by atoms with Crippen molar-refractivity contribution < 1.29 is 23.9 Å². The molecule has 2 fully saturated rings. The fourth-order valence-corrected chi connectivity index (χ4v) is 3.81. The molecule has 2 saturated heterocycles. The van der Waals surface area contributed by atoms with E-state index < -0.39 is 6.04 Å². The summed E-state index contributed by atoms with van der Waals surface area (Å²) in [6.07, 6.45) is 0. The van der Waals surface area contributed by atoms with Crippen molar-refractivity contribution in [3.63, 3.8) is 0 Å². The molecule has 0 aliphatic carbocycles. The third kappa shape index (κ3) is 8.58. The fourth-order valence-electron chi connectivity index (χ4n) is 3.81. The predicted molar refractivity (Wildman–Crippen MR) is 129 cm³/mol. The van der Waals surface area contributed by atoms with Gasteiger partial charge in [-0.3, -0.25) is 14.5 Å². The molecule has 0 radical (unpaired) electrons. The Morgan fingerprint density at radius 2 is 1.68 bits per heavy atom. The van der Waals surface area contributed by atoms with Gasteiger partial charge in [0.25, 0.3) is 0 Å². The van der Waals surface area contributed by atoms with Crippen LogP contribution in [0.3, 0.4) is 0 Å². The first-order valence-corrected chi connectivity index (χ1v) is 11.9. The smallest absolute Gasteiger partial charge is 0.325 e. The van der Waals surface area contributed by atoms with Gasteiger partial charge in [-0.25, -0.2) is 4.79 Å². The van der Waals surface area contributed by atoms with Gasteiger partial charge in [0.1, 0.15) is 12.1 Å². The summed E-state index contributed by atoms with van der Waals surface area (Å²) in [6.45, 7) is 9.15. The summed E-state index contributed by atoms with van der Waals surface area (Å²) >= 11 is 0. The molecule has 0 spiro atoms. The largest absolute Gasteiger partial charge is 0.465 e. The van der Waals surface area contributed by atoms with Crippen molar-refractivity contribution in [2.75, 3.05) is 66.6 Å². The van der Waals surface area contributed by atoms with Crippen molar-refractivity contribution in [3.05, 3.63) is 35.9 Å². The van der Waals surface area contributed by atoms with E-state index in [0.29, 0.717) is 45.9 Å². The standard InChI is InChI=1S/C17H25N3O3.C7H14N2O2/c1-4-23-16(21)15-13-20(17(22)18(2)3)11-10-19(15)12-14-8-6-5-7-9-14;1-2-11-7(10)6-5-8-3-4-9-6/h5-9,15H,4,10-13H2,1-3H3;6,8-9H,2-5H2,1H3. The Morgan fingerprint density at radius 3 is 2.26 bits per heavy atom. The SMILES string of the molecule is CCOC(=O)C1CN(C(=O)N(C)C)CCN1Cc1ccccc1.CCOC(=O)C1CNCCN1. The van der Waals surface area contributed by atoms with E-state index in [9.17, 15) is 14.4 Å². The van der Waals surface area contributed by atoms with Gasteiger partial charge in [-0.2, -0.15) is 0 Å². The predicted octanol–water partition coefficient (Wildman–Crippen LogP) is 0.528. The zero-order chi connectivity index (χ0) is 24.9. The van der Waals surface area contributed by atoms with Gasteiger partial charge in [-0.15, -0.1) is 0 Å². The summed E-state index contributed by atoms with van der Waals surface area (Å²) in [5.74, 6) is -0.417. The molecule has 2 unspecified atom stereocenters. The van der Waals surface area contributed by atoms with E-state index in [1.54, 1.807) is 25.9 Å². The number of nitrogens with zero attached hydrogens (tertiary/aromatic N) is 3. The lowest BCUT2D eigenvalue weighted by atomic mass is 10.1. The number of rotatable bonds is 6. The minimum absolute atomic E-state index is 0.0707. The number of hydrogen-bond acceptors (Lipinski definition) is 8. The van der Waals surface area contributed by atoms with E-state index in [0.717, 1.165) is 18.7 Å². The number of urea groups is 1. The van der Waals surface area contributed by atoms with E-state index in [1.165, 1.54) is 4.90 Å². The number of hydrogen-bond donors (Lipinski definition) is 2. The monoisotopic (exact) mass is 477 g/mol. The summed E-state index contributed by atoms with van der Waals surface area (Å²) in [6, 6.07) is 9.38. The molecule has 2 amide bonds. The van der Waals surface area contributed by atoms with E-state index in [1.807, 2.05) is 37.3 Å². The highest BCUT2D eigenvalue weighted by molar-refractivity contribution is 5.79. The molecule has 190 valence electrons. The lowest BCUT2D eigenvalue weighted by Crippen LogP contribution is -2.59. The second-order valence-corrected chi connectivity index (χ2v) is 8.31. The Hall–Kier alpha value is -2.69. The van der Waals surface area contributed by atoms with Crippen LogP contribution in [0.25, 0.3) is 0 Å². The van der Waals surface area contributed by atoms with Crippen molar-refractivity contribution in [3.8, 4) is 0 Å². The van der Waals surface area contributed by atoms with Gasteiger partial charge in [0, 0.05) is 59.9 Å². The Bertz CT molecular complexity index is 770. The maximum absolute atomic E-state index is 12.3. The van der Waals surface area contributed by atoms with Crippen molar-refractivity contribution in [2.45, 2.75) is 32.5 Å². The normalized spacial score (nSPS) is 20.5. The van der Waals surface area contributed by atoms with Gasteiger partial charge in [0.05, 0.1) is 13.2 Å². The molecule has 2 atom stereocenters. The molecule has 2 aliphatic rings. The number of carbonyl (C=O) groups excluding carboxylic acids is 3. The van der Waals surface area contributed by atoms with Gasteiger partial charge < -0.3 is 29.9 Å². The Balaban J connectivity index is 0.000000310. The quantitative estimate of drug-likeness (QED) is 0.572. The van der Waals surface area contributed by atoms with Gasteiger partial charge in [0.2, 0.25) is 0 Å². The van der Waals surface area contributed by atoms with Crippen LogP contribution < -0.4 is 10.6 Å². The van der Waals surface area contributed by atoms with Gasteiger partial charge in [-0.1, -0.05) is 30.3 Å². The number of esters is 2. The number of amides is 2. The number of ether oxygens (including phenoxy) is 2. The second-order valence-electron chi connectivity index (χ2n) is 8.31. The molecule has 0 bridgehead atoms. The van der Waals surface area contributed by atoms with Crippen LogP contribution in [0, 0.1) is 0 Å². The van der Waals surface area contributed by atoms with Crippen LogP contribution in [0.1, 0.15) is 19.4 Å². The Kier molecular flexibility index (Phi) is 11.8. The highest BCUT2D eigenvalue weighted by Crippen LogP contribution is 2.16. The molecule has 2 heterocycles. The number of piperazine rings is 2. The molecule has 1 aromatic carbocycles. The Morgan fingerprint density at radius 1 is 1.00 bits per heavy atom. The van der Waals surface area contributed by atoms with Crippen molar-refractivity contribution in [2.24, 2.45) is 0 Å². The second kappa shape index (κ2) is 14.5. The van der Waals surface area contributed by atoms with Gasteiger partial charge in [-0.05, 0) is 19.4 Å². The third-order valence-corrected chi connectivity index (χ3v) is 5.54. The van der Waals surface area contributed by atoms with E-state index in [4.69, 9.17) is 9.47 Å². The van der Waals surface area contributed by atoms with Crippen LogP contribution in [-0.4, -0.2) is 111 Å². The average Bonchev–Trinajstić information content (AvgIpc) is 2.85. The first kappa shape index (κ1) is 27.6. The van der Waals surface area contributed by atoms with E-state index in [2.05, 4.69) is 15.5 Å². The molecule has 34 heavy (non-hydrogen) atoms. The van der Waals surface area contributed by atoms with E-state index in [-0.39, 0.29) is 24.0 Å². The van der Waals surface area contributed by atoms with E-state index >= 15 is 0 Å². The molecule has 2 aliphatic heterocycles. The summed E-state index contributed by atoms with van der Waals surface area (Å²) < 4.78 is 10.0. The molecule has 10 heteroatoms. The molecular weight excluding hydrogens is 438 g/mol. The van der Waals surface area contributed by atoms with Crippen LogP contribution in [-0.2, 0) is 25.6 Å². The number of benzene rings is 1. The maximum atomic E-state index is 12.3. The highest BCUT2D eigenvalue weighted by atomic mass is 16.5. The molecular formula is C24H39N5O5. The summed E-state index contributed by atoms with van der Waals surface area (Å²) in [7, 11) is 3.44. The summed E-state index contributed by atoms with van der Waals surface area (Å²) in [5, 5.41) is 6.18. The van der Waals surface area contributed by atoms with Crippen LogP contribution in [0.15, 0.2) is 30.3 Å². The molecule has 0 aromatic heterocycles. The summed E-state index contributed by atoms with van der Waals surface area (Å²) in [4.78, 5) is 40.9. The lowest BCUT2D eigenvalue weighted by Gasteiger charge is -2.40. The van der Waals surface area contributed by atoms with Crippen LogP contribution in [0.4, 0.5) is 4.79 Å². The Labute approximate surface area is 202 Å². The molecule has 10 nitrogen and oxygen atoms in total. The summed E-state index contributed by atoms with van der Waals surface area (Å²) in [5.41, 5.74) is 1.15. The first-order chi connectivity index (χ1) is 16.4. The molecule has 0 saturated carbocycles. The number of carbonyl (C=O) groups is 3. The lowest BCUT2D eigenvalue weighted by molar-refractivity contribution is -0.152. The minimum atomic E-state index is -0.423. The van der Waals surface area contributed by atoms with Crippen LogP contribution in [0.5, 0.6) is 0 Å². The van der Waals surface area contributed by atoms with Crippen molar-refractivity contribution in [1.82, 2.24) is 25.3 Å². The fraction of sp³-hybridized carbons (Fsp3) is 0.625. The highest BCUT2D eigenvalue weighted by Gasteiger charge is 2.35. The van der Waals surface area contributed by atoms with Gasteiger partial charge in [0.15, 0.2) is 0 Å². The maximum Gasteiger partial charge on any atom is 0.325 e. The minimum Gasteiger partial charge on any atom is -0.465 e. The molecule has 3 rings (SSSR count). The van der Waals surface area contributed by atoms with Crippen molar-refractivity contribution >= 4 is 18.0 Å². The topological polar surface area (TPSA) is 103 Å². The van der Waals surface area contributed by atoms with Gasteiger partial charge >= 0.3 is 18.0 Å². The third-order valence-electron chi connectivity index (χ3n) is 5.54. The first-order valence-electron chi connectivity index (χ1n) is 11.9. The number of nitrogens with one attached hydrogen (secondary N) is 2. The molecule has 1 aromatic rings. The zero-order valence-corrected chi connectivity index (χ0v) is 20.8. The van der Waals surface area contributed by atoms with Crippen molar-refractivity contribution in [1.29, 1.82) is 0 Å². The zero-order valence-electron chi connectivity index (χ0n) is 20.8.